The molecule has 1 saturated heterocycles. The summed E-state index contributed by atoms with van der Waals surface area (Å²) >= 11 is 7.93. The minimum Gasteiger partial charge on any atom is -0.379 e. The fraction of sp³-hybridized carbons (Fsp3) is 0.733. The maximum Gasteiger partial charge on any atom is 0.0934 e. The van der Waals surface area contributed by atoms with Crippen LogP contribution in [0.2, 0.25) is 4.34 Å². The summed E-state index contributed by atoms with van der Waals surface area (Å²) in [6, 6.07) is 3.15. The van der Waals surface area contributed by atoms with Crippen molar-refractivity contribution in [2.75, 3.05) is 32.8 Å². The van der Waals surface area contributed by atoms with E-state index >= 15 is 0 Å². The van der Waals surface area contributed by atoms with Crippen molar-refractivity contribution in [2.24, 2.45) is 0 Å². The predicted octanol–water partition coefficient (Wildman–Crippen LogP) is 3.09. The fourth-order valence-electron chi connectivity index (χ4n) is 3.26. The fourth-order valence-corrected chi connectivity index (χ4v) is 4.65. The SMILES string of the molecule is CC(CN1CCOCC1)NC1CCCc2sc(Cl)cc21. The minimum absolute atomic E-state index is 0.485. The van der Waals surface area contributed by atoms with Gasteiger partial charge in [-0.05, 0) is 37.8 Å². The van der Waals surface area contributed by atoms with Crippen molar-refractivity contribution in [3.05, 3.63) is 20.8 Å². The van der Waals surface area contributed by atoms with Crippen LogP contribution in [0, 0.1) is 0 Å². The molecule has 0 aromatic carbocycles. The summed E-state index contributed by atoms with van der Waals surface area (Å²) < 4.78 is 6.34. The van der Waals surface area contributed by atoms with Gasteiger partial charge in [0, 0.05) is 36.6 Å². The number of hydrogen-bond donors (Lipinski definition) is 1. The maximum absolute atomic E-state index is 6.18. The molecule has 1 aromatic heterocycles. The number of thiophene rings is 1. The third-order valence-corrected chi connectivity index (χ3v) is 5.54. The summed E-state index contributed by atoms with van der Waals surface area (Å²) in [5, 5.41) is 3.80. The van der Waals surface area contributed by atoms with Gasteiger partial charge in [0.05, 0.1) is 17.6 Å². The second-order valence-electron chi connectivity index (χ2n) is 5.85. The first-order valence-electron chi connectivity index (χ1n) is 7.56. The predicted molar refractivity (Wildman–Crippen MR) is 84.9 cm³/mol. The molecule has 1 aromatic rings. The minimum atomic E-state index is 0.485. The average Bonchev–Trinajstić information content (AvgIpc) is 2.81. The third kappa shape index (κ3) is 3.55. The van der Waals surface area contributed by atoms with Crippen molar-refractivity contribution in [2.45, 2.75) is 38.3 Å². The highest BCUT2D eigenvalue weighted by Gasteiger charge is 2.24. The lowest BCUT2D eigenvalue weighted by Gasteiger charge is -2.32. The van der Waals surface area contributed by atoms with Crippen molar-refractivity contribution in [3.8, 4) is 0 Å². The zero-order valence-corrected chi connectivity index (χ0v) is 13.6. The molecule has 0 spiro atoms. The molecule has 2 aliphatic rings. The van der Waals surface area contributed by atoms with Crippen LogP contribution in [0.5, 0.6) is 0 Å². The Kier molecular flexibility index (Phi) is 5.00. The normalized spacial score (nSPS) is 25.4. The van der Waals surface area contributed by atoms with Crippen LogP contribution in [0.3, 0.4) is 0 Å². The summed E-state index contributed by atoms with van der Waals surface area (Å²) in [6.45, 7) is 7.27. The van der Waals surface area contributed by atoms with Gasteiger partial charge in [0.25, 0.3) is 0 Å². The summed E-state index contributed by atoms with van der Waals surface area (Å²) in [7, 11) is 0. The molecule has 112 valence electrons. The molecular formula is C15H23ClN2OS. The molecule has 0 bridgehead atoms. The van der Waals surface area contributed by atoms with E-state index in [9.17, 15) is 0 Å². The Bertz CT molecular complexity index is 445. The Balaban J connectivity index is 1.57. The van der Waals surface area contributed by atoms with Gasteiger partial charge in [-0.2, -0.15) is 0 Å². The second-order valence-corrected chi connectivity index (χ2v) is 7.62. The maximum atomic E-state index is 6.18. The van der Waals surface area contributed by atoms with E-state index in [-0.39, 0.29) is 0 Å². The summed E-state index contributed by atoms with van der Waals surface area (Å²) in [6.07, 6.45) is 3.70. The molecule has 2 unspecified atom stereocenters. The number of hydrogen-bond acceptors (Lipinski definition) is 4. The van der Waals surface area contributed by atoms with Crippen LogP contribution in [0.15, 0.2) is 6.07 Å². The van der Waals surface area contributed by atoms with Gasteiger partial charge in [0.15, 0.2) is 0 Å². The smallest absolute Gasteiger partial charge is 0.0934 e. The van der Waals surface area contributed by atoms with Crippen molar-refractivity contribution in [1.29, 1.82) is 0 Å². The molecule has 0 saturated carbocycles. The first-order valence-corrected chi connectivity index (χ1v) is 8.76. The molecule has 2 heterocycles. The molecule has 5 heteroatoms. The third-order valence-electron chi connectivity index (χ3n) is 4.21. The standard InChI is InChI=1S/C15H23ClN2OS/c1-11(10-18-5-7-19-8-6-18)17-13-3-2-4-14-12(13)9-15(16)20-14/h9,11,13,17H,2-8,10H2,1H3. The summed E-state index contributed by atoms with van der Waals surface area (Å²) in [5.41, 5.74) is 1.44. The molecular weight excluding hydrogens is 292 g/mol. The van der Waals surface area contributed by atoms with Crippen LogP contribution in [0.1, 0.15) is 36.2 Å². The first-order chi connectivity index (χ1) is 9.72. The largest absolute Gasteiger partial charge is 0.379 e. The Morgan fingerprint density at radius 3 is 3.10 bits per heavy atom. The van der Waals surface area contributed by atoms with E-state index in [0.29, 0.717) is 12.1 Å². The molecule has 20 heavy (non-hydrogen) atoms. The highest BCUT2D eigenvalue weighted by molar-refractivity contribution is 7.16. The number of nitrogens with zero attached hydrogens (tertiary/aromatic N) is 1. The highest BCUT2D eigenvalue weighted by atomic mass is 35.5. The van der Waals surface area contributed by atoms with Gasteiger partial charge in [0.1, 0.15) is 0 Å². The molecule has 0 amide bonds. The molecule has 2 atom stereocenters. The quantitative estimate of drug-likeness (QED) is 0.924. The monoisotopic (exact) mass is 314 g/mol. The van der Waals surface area contributed by atoms with Crippen molar-refractivity contribution in [3.63, 3.8) is 0 Å². The van der Waals surface area contributed by atoms with Crippen LogP contribution in [-0.2, 0) is 11.2 Å². The summed E-state index contributed by atoms with van der Waals surface area (Å²) in [5.74, 6) is 0. The zero-order valence-electron chi connectivity index (χ0n) is 12.0. The van der Waals surface area contributed by atoms with Gasteiger partial charge in [-0.15, -0.1) is 11.3 Å². The van der Waals surface area contributed by atoms with Gasteiger partial charge in [-0.25, -0.2) is 0 Å². The van der Waals surface area contributed by atoms with Crippen LogP contribution in [0.4, 0.5) is 0 Å². The molecule has 0 radical (unpaired) electrons. The average molecular weight is 315 g/mol. The molecule has 1 fully saturated rings. The van der Waals surface area contributed by atoms with E-state index in [4.69, 9.17) is 16.3 Å². The second kappa shape index (κ2) is 6.75. The van der Waals surface area contributed by atoms with E-state index in [1.165, 1.54) is 29.7 Å². The van der Waals surface area contributed by atoms with Gasteiger partial charge >= 0.3 is 0 Å². The molecule has 1 aliphatic carbocycles. The number of morpholine rings is 1. The Labute approximate surface area is 130 Å². The molecule has 1 N–H and O–H groups in total. The van der Waals surface area contributed by atoms with Gasteiger partial charge in [-0.1, -0.05) is 11.6 Å². The number of fused-ring (bicyclic) bond motifs is 1. The number of aryl methyl sites for hydroxylation is 1. The first kappa shape index (κ1) is 14.8. The van der Waals surface area contributed by atoms with Crippen LogP contribution >= 0.6 is 22.9 Å². The Morgan fingerprint density at radius 1 is 1.50 bits per heavy atom. The molecule has 3 rings (SSSR count). The van der Waals surface area contributed by atoms with E-state index in [1.54, 1.807) is 11.3 Å². The van der Waals surface area contributed by atoms with E-state index < -0.39 is 0 Å². The van der Waals surface area contributed by atoms with Gasteiger partial charge in [-0.3, -0.25) is 4.90 Å². The number of rotatable bonds is 4. The van der Waals surface area contributed by atoms with Crippen LogP contribution in [0.25, 0.3) is 0 Å². The lowest BCUT2D eigenvalue weighted by molar-refractivity contribution is 0.0337. The lowest BCUT2D eigenvalue weighted by atomic mass is 9.93. The molecule has 3 nitrogen and oxygen atoms in total. The molecule has 1 aliphatic heterocycles. The van der Waals surface area contributed by atoms with Gasteiger partial charge in [0.2, 0.25) is 0 Å². The number of nitrogens with one attached hydrogen (secondary N) is 1. The highest BCUT2D eigenvalue weighted by Crippen LogP contribution is 2.37. The number of halogens is 1. The zero-order chi connectivity index (χ0) is 13.9. The van der Waals surface area contributed by atoms with E-state index in [0.717, 1.165) is 37.2 Å². The lowest BCUT2D eigenvalue weighted by Crippen LogP contribution is -2.45. The van der Waals surface area contributed by atoms with Crippen molar-refractivity contribution in [1.82, 2.24) is 10.2 Å². The van der Waals surface area contributed by atoms with Crippen molar-refractivity contribution < 1.29 is 4.74 Å². The summed E-state index contributed by atoms with van der Waals surface area (Å²) in [4.78, 5) is 3.98. The Hall–Kier alpha value is -0.130. The van der Waals surface area contributed by atoms with Crippen LogP contribution < -0.4 is 5.32 Å². The van der Waals surface area contributed by atoms with Crippen molar-refractivity contribution >= 4 is 22.9 Å². The van der Waals surface area contributed by atoms with E-state index in [2.05, 4.69) is 23.2 Å². The topological polar surface area (TPSA) is 24.5 Å². The van der Waals surface area contributed by atoms with Gasteiger partial charge < -0.3 is 10.1 Å². The van der Waals surface area contributed by atoms with Crippen LogP contribution in [-0.4, -0.2) is 43.8 Å². The number of ether oxygens (including phenoxy) is 1. The van der Waals surface area contributed by atoms with E-state index in [1.807, 2.05) is 0 Å². The Morgan fingerprint density at radius 2 is 2.30 bits per heavy atom.